The highest BCUT2D eigenvalue weighted by atomic mass is 32.1. The molecule has 2 N–H and O–H groups in total. The summed E-state index contributed by atoms with van der Waals surface area (Å²) in [6.45, 7) is 1.83. The molecule has 0 unspecified atom stereocenters. The van der Waals surface area contributed by atoms with Crippen LogP contribution in [0.1, 0.15) is 14.7 Å². The molecule has 0 saturated carbocycles. The molecule has 0 saturated heterocycles. The second-order valence-corrected chi connectivity index (χ2v) is 4.48. The number of hydrogen-bond donors (Lipinski definition) is 2. The minimum absolute atomic E-state index is 0.0839. The van der Waals surface area contributed by atoms with Crippen LogP contribution in [0.5, 0.6) is 5.75 Å². The standard InChI is InChI=1S/C11H9NO3S/c1-6-9(12-10(16-6)11(14)15)7-2-4-8(13)5-3-7/h2-5,13H,1H3,(H,14,15). The zero-order valence-electron chi connectivity index (χ0n) is 8.47. The van der Waals surface area contributed by atoms with Crippen LogP contribution in [0.2, 0.25) is 0 Å². The van der Waals surface area contributed by atoms with E-state index < -0.39 is 5.97 Å². The van der Waals surface area contributed by atoms with Crippen molar-refractivity contribution in [3.63, 3.8) is 0 Å². The largest absolute Gasteiger partial charge is 0.508 e. The van der Waals surface area contributed by atoms with E-state index in [1.165, 1.54) is 0 Å². The number of nitrogens with zero attached hydrogens (tertiary/aromatic N) is 1. The van der Waals surface area contributed by atoms with Gasteiger partial charge in [0.05, 0.1) is 5.69 Å². The summed E-state index contributed by atoms with van der Waals surface area (Å²) in [5.74, 6) is -0.840. The van der Waals surface area contributed by atoms with Crippen molar-refractivity contribution in [1.82, 2.24) is 4.98 Å². The van der Waals surface area contributed by atoms with Gasteiger partial charge in [0.1, 0.15) is 5.75 Å². The van der Waals surface area contributed by atoms with Crippen molar-refractivity contribution in [2.75, 3.05) is 0 Å². The van der Waals surface area contributed by atoms with Gasteiger partial charge in [-0.25, -0.2) is 9.78 Å². The smallest absolute Gasteiger partial charge is 0.365 e. The van der Waals surface area contributed by atoms with Crippen LogP contribution < -0.4 is 0 Å². The number of carboxylic acid groups (broad SMARTS) is 1. The Morgan fingerprint density at radius 1 is 1.31 bits per heavy atom. The highest BCUT2D eigenvalue weighted by Gasteiger charge is 2.14. The third-order valence-electron chi connectivity index (χ3n) is 2.12. The van der Waals surface area contributed by atoms with Gasteiger partial charge in [-0.3, -0.25) is 0 Å². The summed E-state index contributed by atoms with van der Waals surface area (Å²) in [5.41, 5.74) is 1.46. The fourth-order valence-electron chi connectivity index (χ4n) is 1.38. The maximum Gasteiger partial charge on any atom is 0.365 e. The third-order valence-corrected chi connectivity index (χ3v) is 3.08. The minimum Gasteiger partial charge on any atom is -0.508 e. The van der Waals surface area contributed by atoms with Gasteiger partial charge >= 0.3 is 5.97 Å². The Labute approximate surface area is 95.8 Å². The molecule has 0 spiro atoms. The molecule has 1 heterocycles. The first kappa shape index (κ1) is 10.6. The Balaban J connectivity index is 2.47. The molecular weight excluding hydrogens is 226 g/mol. The predicted molar refractivity (Wildman–Crippen MR) is 60.9 cm³/mol. The van der Waals surface area contributed by atoms with Crippen molar-refractivity contribution < 1.29 is 15.0 Å². The molecule has 1 aromatic carbocycles. The van der Waals surface area contributed by atoms with Crippen molar-refractivity contribution in [3.05, 3.63) is 34.2 Å². The molecule has 0 aliphatic rings. The first-order valence-electron chi connectivity index (χ1n) is 4.58. The Kier molecular flexibility index (Phi) is 2.62. The third kappa shape index (κ3) is 1.90. The average Bonchev–Trinajstić information content (AvgIpc) is 2.62. The normalized spacial score (nSPS) is 10.3. The molecule has 0 radical (unpaired) electrons. The highest BCUT2D eigenvalue weighted by molar-refractivity contribution is 7.13. The lowest BCUT2D eigenvalue weighted by Crippen LogP contribution is -1.94. The zero-order chi connectivity index (χ0) is 11.7. The van der Waals surface area contributed by atoms with E-state index in [1.54, 1.807) is 24.3 Å². The molecule has 1 aromatic heterocycles. The van der Waals surface area contributed by atoms with Crippen LogP contribution in [0.25, 0.3) is 11.3 Å². The van der Waals surface area contributed by atoms with E-state index >= 15 is 0 Å². The van der Waals surface area contributed by atoms with Crippen LogP contribution in [-0.2, 0) is 0 Å². The van der Waals surface area contributed by atoms with Crippen molar-refractivity contribution in [3.8, 4) is 17.0 Å². The van der Waals surface area contributed by atoms with E-state index in [9.17, 15) is 4.79 Å². The van der Waals surface area contributed by atoms with E-state index in [0.717, 1.165) is 21.8 Å². The fraction of sp³-hybridized carbons (Fsp3) is 0.0909. The van der Waals surface area contributed by atoms with Gasteiger partial charge in [-0.1, -0.05) is 0 Å². The number of phenolic OH excluding ortho intramolecular Hbond substituents is 1. The molecule has 82 valence electrons. The number of rotatable bonds is 2. The number of phenols is 1. The molecule has 0 atom stereocenters. The molecule has 0 aliphatic heterocycles. The maximum atomic E-state index is 10.8. The second-order valence-electron chi connectivity index (χ2n) is 3.28. The van der Waals surface area contributed by atoms with Crippen LogP contribution in [0, 0.1) is 6.92 Å². The van der Waals surface area contributed by atoms with E-state index in [2.05, 4.69) is 4.98 Å². The second kappa shape index (κ2) is 3.94. The molecule has 2 rings (SSSR count). The molecule has 0 fully saturated rings. The zero-order valence-corrected chi connectivity index (χ0v) is 9.28. The number of benzene rings is 1. The molecule has 0 amide bonds. The van der Waals surface area contributed by atoms with Crippen LogP contribution in [0.4, 0.5) is 0 Å². The number of thiazole rings is 1. The maximum absolute atomic E-state index is 10.8. The first-order valence-corrected chi connectivity index (χ1v) is 5.39. The van der Waals surface area contributed by atoms with Crippen molar-refractivity contribution in [2.45, 2.75) is 6.92 Å². The number of carbonyl (C=O) groups is 1. The van der Waals surface area contributed by atoms with E-state index in [1.807, 2.05) is 6.92 Å². The number of carboxylic acids is 1. The lowest BCUT2D eigenvalue weighted by Gasteiger charge is -1.98. The summed E-state index contributed by atoms with van der Waals surface area (Å²) >= 11 is 1.15. The minimum atomic E-state index is -1.02. The summed E-state index contributed by atoms with van der Waals surface area (Å²) in [5, 5.41) is 18.1. The summed E-state index contributed by atoms with van der Waals surface area (Å²) in [4.78, 5) is 15.7. The quantitative estimate of drug-likeness (QED) is 0.839. The number of aromatic nitrogens is 1. The molecular formula is C11H9NO3S. The van der Waals surface area contributed by atoms with Gasteiger partial charge in [0.15, 0.2) is 0 Å². The molecule has 16 heavy (non-hydrogen) atoms. The van der Waals surface area contributed by atoms with Crippen LogP contribution >= 0.6 is 11.3 Å². The lowest BCUT2D eigenvalue weighted by atomic mass is 10.1. The van der Waals surface area contributed by atoms with Gasteiger partial charge in [0, 0.05) is 10.4 Å². The van der Waals surface area contributed by atoms with Gasteiger partial charge in [-0.15, -0.1) is 11.3 Å². The highest BCUT2D eigenvalue weighted by Crippen LogP contribution is 2.28. The van der Waals surface area contributed by atoms with Gasteiger partial charge in [-0.05, 0) is 31.2 Å². The fourth-order valence-corrected chi connectivity index (χ4v) is 2.15. The Morgan fingerprint density at radius 2 is 1.94 bits per heavy atom. The lowest BCUT2D eigenvalue weighted by molar-refractivity contribution is 0.0696. The number of aryl methyl sites for hydroxylation is 1. The Morgan fingerprint density at radius 3 is 2.44 bits per heavy atom. The van der Waals surface area contributed by atoms with E-state index in [4.69, 9.17) is 10.2 Å². The summed E-state index contributed by atoms with van der Waals surface area (Å²) in [7, 11) is 0. The van der Waals surface area contributed by atoms with E-state index in [-0.39, 0.29) is 10.8 Å². The average molecular weight is 235 g/mol. The molecule has 2 aromatic rings. The van der Waals surface area contributed by atoms with E-state index in [0.29, 0.717) is 5.69 Å². The predicted octanol–water partition coefficient (Wildman–Crippen LogP) is 2.52. The summed E-state index contributed by atoms with van der Waals surface area (Å²) in [6.07, 6.45) is 0. The van der Waals surface area contributed by atoms with Gasteiger partial charge in [-0.2, -0.15) is 0 Å². The van der Waals surface area contributed by atoms with Crippen molar-refractivity contribution >= 4 is 17.3 Å². The summed E-state index contributed by atoms with van der Waals surface area (Å²) in [6, 6.07) is 6.52. The van der Waals surface area contributed by atoms with Gasteiger partial charge in [0.2, 0.25) is 5.01 Å². The van der Waals surface area contributed by atoms with Crippen molar-refractivity contribution in [1.29, 1.82) is 0 Å². The Hall–Kier alpha value is -1.88. The molecule has 5 heteroatoms. The van der Waals surface area contributed by atoms with Crippen LogP contribution in [0.15, 0.2) is 24.3 Å². The van der Waals surface area contributed by atoms with Gasteiger partial charge in [0.25, 0.3) is 0 Å². The number of aromatic hydroxyl groups is 1. The SMILES string of the molecule is Cc1sc(C(=O)O)nc1-c1ccc(O)cc1. The molecule has 4 nitrogen and oxygen atoms in total. The molecule has 0 bridgehead atoms. The van der Waals surface area contributed by atoms with Crippen LogP contribution in [-0.4, -0.2) is 21.2 Å². The number of aromatic carboxylic acids is 1. The first-order chi connectivity index (χ1) is 7.58. The monoisotopic (exact) mass is 235 g/mol. The molecule has 0 aliphatic carbocycles. The summed E-state index contributed by atoms with van der Waals surface area (Å²) < 4.78 is 0. The van der Waals surface area contributed by atoms with Crippen molar-refractivity contribution in [2.24, 2.45) is 0 Å². The van der Waals surface area contributed by atoms with Gasteiger partial charge < -0.3 is 10.2 Å². The Bertz CT molecular complexity index is 531. The topological polar surface area (TPSA) is 70.4 Å². The number of hydrogen-bond acceptors (Lipinski definition) is 4. The van der Waals surface area contributed by atoms with Crippen LogP contribution in [0.3, 0.4) is 0 Å².